The molecule has 2 nitrogen and oxygen atoms in total. The van der Waals surface area contributed by atoms with E-state index >= 15 is 0 Å². The predicted molar refractivity (Wildman–Crippen MR) is 70.3 cm³/mol. The van der Waals surface area contributed by atoms with Crippen molar-refractivity contribution in [2.24, 2.45) is 0 Å². The highest BCUT2D eigenvalue weighted by Crippen LogP contribution is 2.63. The van der Waals surface area contributed by atoms with Crippen molar-refractivity contribution in [2.45, 2.75) is 33.7 Å². The second-order valence-corrected chi connectivity index (χ2v) is 9.89. The average Bonchev–Trinajstić information content (AvgIpc) is 2.64. The van der Waals surface area contributed by atoms with Gasteiger partial charge in [0.05, 0.1) is 36.1 Å². The minimum Gasteiger partial charge on any atom is -0.335 e. The number of rotatable bonds is 6. The fourth-order valence-corrected chi connectivity index (χ4v) is 3.83. The van der Waals surface area contributed by atoms with Crippen LogP contribution in [0, 0.1) is 6.92 Å². The van der Waals surface area contributed by atoms with E-state index in [0.29, 0.717) is 0 Å². The van der Waals surface area contributed by atoms with E-state index in [0.717, 1.165) is 18.9 Å². The van der Waals surface area contributed by atoms with Crippen LogP contribution < -0.4 is 0 Å². The second kappa shape index (κ2) is 5.86. The van der Waals surface area contributed by atoms with Gasteiger partial charge in [-0.1, -0.05) is 0 Å². The molecule has 0 amide bonds. The minimum absolute atomic E-state index is 1.06. The third-order valence-electron chi connectivity index (χ3n) is 3.01. The van der Waals surface area contributed by atoms with Gasteiger partial charge in [-0.05, 0) is 20.8 Å². The maximum Gasteiger partial charge on any atom is 0.113 e. The molecule has 86 valence electrons. The highest BCUT2D eigenvalue weighted by molar-refractivity contribution is 7.98. The van der Waals surface area contributed by atoms with Gasteiger partial charge in [-0.2, -0.15) is 0 Å². The Morgan fingerprint density at radius 2 is 2.07 bits per heavy atom. The molecule has 0 aromatic carbocycles. The van der Waals surface area contributed by atoms with Crippen molar-refractivity contribution < 1.29 is 0 Å². The molecular formula is C11H21ClN2P+. The number of aryl methyl sites for hydroxylation is 2. The van der Waals surface area contributed by atoms with Gasteiger partial charge in [-0.25, -0.2) is 4.98 Å². The zero-order valence-electron chi connectivity index (χ0n) is 9.91. The third kappa shape index (κ3) is 3.77. The zero-order chi connectivity index (χ0) is 11.3. The lowest BCUT2D eigenvalue weighted by Gasteiger charge is -2.15. The van der Waals surface area contributed by atoms with E-state index in [4.69, 9.17) is 11.2 Å². The Hall–Kier alpha value is -0.0700. The molecule has 1 heterocycles. The van der Waals surface area contributed by atoms with Crippen LogP contribution in [-0.4, -0.2) is 28.0 Å². The van der Waals surface area contributed by atoms with Gasteiger partial charge in [0.25, 0.3) is 0 Å². The summed E-state index contributed by atoms with van der Waals surface area (Å²) in [6.07, 6.45) is 8.50. The summed E-state index contributed by atoms with van der Waals surface area (Å²) >= 11 is 6.57. The van der Waals surface area contributed by atoms with Gasteiger partial charge >= 0.3 is 0 Å². The summed E-state index contributed by atoms with van der Waals surface area (Å²) in [4.78, 5) is 4.12. The number of nitrogens with zero attached hydrogens (tertiary/aromatic N) is 2. The summed E-state index contributed by atoms with van der Waals surface area (Å²) in [5.74, 6) is 0. The molecule has 15 heavy (non-hydrogen) atoms. The van der Waals surface area contributed by atoms with Gasteiger partial charge in [0.2, 0.25) is 0 Å². The molecule has 0 N–H and O–H groups in total. The van der Waals surface area contributed by atoms with E-state index in [9.17, 15) is 0 Å². The van der Waals surface area contributed by atoms with E-state index in [2.05, 4.69) is 30.3 Å². The number of imidazole rings is 1. The van der Waals surface area contributed by atoms with Gasteiger partial charge in [0.1, 0.15) is 6.62 Å². The normalized spacial score (nSPS) is 12.0. The summed E-state index contributed by atoms with van der Waals surface area (Å²) in [6.45, 7) is 6.45. The Morgan fingerprint density at radius 1 is 1.40 bits per heavy atom. The Labute approximate surface area is 98.2 Å². The Kier molecular flexibility index (Phi) is 5.08. The maximum absolute atomic E-state index is 6.57. The third-order valence-corrected chi connectivity index (χ3v) is 8.34. The average molecular weight is 248 g/mol. The van der Waals surface area contributed by atoms with Crippen LogP contribution in [0.15, 0.2) is 12.5 Å². The fraction of sp³-hybridized carbons (Fsp3) is 0.727. The molecule has 0 aliphatic heterocycles. The van der Waals surface area contributed by atoms with Gasteiger partial charge in [0.15, 0.2) is 0 Å². The minimum atomic E-state index is -1.13. The van der Waals surface area contributed by atoms with Crippen LogP contribution >= 0.6 is 17.9 Å². The Morgan fingerprint density at radius 3 is 2.53 bits per heavy atom. The maximum atomic E-state index is 6.57. The van der Waals surface area contributed by atoms with Crippen LogP contribution in [0.25, 0.3) is 0 Å². The summed E-state index contributed by atoms with van der Waals surface area (Å²) in [5, 5.41) is 0. The molecule has 0 aliphatic carbocycles. The standard InChI is InChI=1S/C11H21ClN2P/c1-4-15(12,5-2)8-6-7-14-10-13-9-11(14)3/h9-10H,4-8H2,1-3H3/q+1. The summed E-state index contributed by atoms with van der Waals surface area (Å²) in [7, 11) is 0. The quantitative estimate of drug-likeness (QED) is 0.700. The number of aromatic nitrogens is 2. The molecule has 1 rings (SSSR count). The van der Waals surface area contributed by atoms with Crippen LogP contribution in [0.1, 0.15) is 26.0 Å². The number of hydrogen-bond donors (Lipinski definition) is 0. The molecular weight excluding hydrogens is 227 g/mol. The fourth-order valence-electron chi connectivity index (χ4n) is 1.69. The van der Waals surface area contributed by atoms with E-state index in [1.165, 1.54) is 18.3 Å². The summed E-state index contributed by atoms with van der Waals surface area (Å²) in [6, 6.07) is 0. The van der Waals surface area contributed by atoms with Crippen LogP contribution in [0.4, 0.5) is 0 Å². The van der Waals surface area contributed by atoms with Crippen LogP contribution in [0.5, 0.6) is 0 Å². The van der Waals surface area contributed by atoms with Crippen molar-refractivity contribution in [1.29, 1.82) is 0 Å². The molecule has 0 aliphatic rings. The van der Waals surface area contributed by atoms with Crippen molar-refractivity contribution >= 4 is 17.9 Å². The lowest BCUT2D eigenvalue weighted by Crippen LogP contribution is -2.04. The van der Waals surface area contributed by atoms with Gasteiger partial charge < -0.3 is 4.57 Å². The monoisotopic (exact) mass is 247 g/mol. The second-order valence-electron chi connectivity index (χ2n) is 3.97. The van der Waals surface area contributed by atoms with Crippen LogP contribution in [0.2, 0.25) is 0 Å². The van der Waals surface area contributed by atoms with Crippen LogP contribution in [-0.2, 0) is 6.54 Å². The van der Waals surface area contributed by atoms with Crippen molar-refractivity contribution in [1.82, 2.24) is 9.55 Å². The molecule has 4 heteroatoms. The lowest BCUT2D eigenvalue weighted by molar-refractivity contribution is 0.664. The number of hydrogen-bond acceptors (Lipinski definition) is 1. The topological polar surface area (TPSA) is 17.8 Å². The first-order valence-corrected chi connectivity index (χ1v) is 8.88. The molecule has 0 saturated carbocycles. The summed E-state index contributed by atoms with van der Waals surface area (Å²) in [5.41, 5.74) is 1.24. The molecule has 0 radical (unpaired) electrons. The molecule has 0 atom stereocenters. The van der Waals surface area contributed by atoms with Crippen LogP contribution in [0.3, 0.4) is 0 Å². The molecule has 0 unspecified atom stereocenters. The molecule has 1 aromatic heterocycles. The lowest BCUT2D eigenvalue weighted by atomic mass is 10.4. The van der Waals surface area contributed by atoms with Crippen molar-refractivity contribution in [3.8, 4) is 0 Å². The van der Waals surface area contributed by atoms with Gasteiger partial charge in [-0.15, -0.1) is 0 Å². The zero-order valence-corrected chi connectivity index (χ0v) is 11.6. The van der Waals surface area contributed by atoms with Crippen molar-refractivity contribution in [3.63, 3.8) is 0 Å². The van der Waals surface area contributed by atoms with Crippen molar-refractivity contribution in [2.75, 3.05) is 18.5 Å². The van der Waals surface area contributed by atoms with Gasteiger partial charge in [0, 0.05) is 24.9 Å². The van der Waals surface area contributed by atoms with E-state index in [-0.39, 0.29) is 0 Å². The number of halogens is 1. The Bertz CT molecular complexity index is 295. The largest absolute Gasteiger partial charge is 0.335 e. The predicted octanol–water partition coefficient (Wildman–Crippen LogP) is 3.79. The Balaban J connectivity index is 2.36. The van der Waals surface area contributed by atoms with Gasteiger partial charge in [-0.3, -0.25) is 0 Å². The highest BCUT2D eigenvalue weighted by Gasteiger charge is 2.30. The molecule has 0 spiro atoms. The first-order valence-electron chi connectivity index (χ1n) is 5.64. The SMILES string of the molecule is CC[P+](Cl)(CC)CCCn1cncc1C. The summed E-state index contributed by atoms with van der Waals surface area (Å²) < 4.78 is 2.20. The molecule has 0 saturated heterocycles. The first-order chi connectivity index (χ1) is 7.11. The van der Waals surface area contributed by atoms with E-state index in [1.54, 1.807) is 0 Å². The van der Waals surface area contributed by atoms with E-state index < -0.39 is 6.62 Å². The molecule has 0 fully saturated rings. The highest BCUT2D eigenvalue weighted by atomic mass is 35.7. The van der Waals surface area contributed by atoms with E-state index in [1.807, 2.05) is 12.5 Å². The smallest absolute Gasteiger partial charge is 0.113 e. The van der Waals surface area contributed by atoms with Crippen molar-refractivity contribution in [3.05, 3.63) is 18.2 Å². The molecule has 0 bridgehead atoms. The first kappa shape index (κ1) is 13.0. The molecule has 1 aromatic rings.